The first-order chi connectivity index (χ1) is 12.4. The number of aryl methyl sites for hydroxylation is 1. The van der Waals surface area contributed by atoms with Crippen molar-refractivity contribution in [3.8, 4) is 0 Å². The lowest BCUT2D eigenvalue weighted by Gasteiger charge is -2.24. The van der Waals surface area contributed by atoms with Crippen LogP contribution < -0.4 is 0 Å². The second-order valence-electron chi connectivity index (χ2n) is 6.43. The molecule has 1 heterocycles. The molecule has 1 aliphatic heterocycles. The van der Waals surface area contributed by atoms with E-state index in [-0.39, 0.29) is 23.1 Å². The van der Waals surface area contributed by atoms with E-state index in [1.807, 2.05) is 31.2 Å². The van der Waals surface area contributed by atoms with E-state index in [0.29, 0.717) is 6.54 Å². The highest BCUT2D eigenvalue weighted by Crippen LogP contribution is 2.36. The van der Waals surface area contributed by atoms with Crippen molar-refractivity contribution in [3.63, 3.8) is 0 Å². The standard InChI is InChI=1S/C20H23NO4S/c1-3-25-20(22)17-6-4-7-18(14-17)26(23,24)21-13-5-8-19(21)16-11-9-15(2)10-12-16/h4,6-7,9-12,14,19H,3,5,8,13H2,1-2H3. The van der Waals surface area contributed by atoms with E-state index in [1.165, 1.54) is 12.1 Å². The van der Waals surface area contributed by atoms with Gasteiger partial charge in [-0.05, 0) is 50.5 Å². The van der Waals surface area contributed by atoms with Gasteiger partial charge in [0.25, 0.3) is 0 Å². The molecule has 1 saturated heterocycles. The van der Waals surface area contributed by atoms with Crippen LogP contribution in [-0.4, -0.2) is 31.8 Å². The SMILES string of the molecule is CCOC(=O)c1cccc(S(=O)(=O)N2CCCC2c2ccc(C)cc2)c1. The highest BCUT2D eigenvalue weighted by Gasteiger charge is 2.36. The third-order valence-corrected chi connectivity index (χ3v) is 6.52. The Bertz CT molecular complexity index is 890. The predicted octanol–water partition coefficient (Wildman–Crippen LogP) is 3.70. The Hall–Kier alpha value is -2.18. The fraction of sp³-hybridized carbons (Fsp3) is 0.350. The molecule has 0 saturated carbocycles. The van der Waals surface area contributed by atoms with Crippen molar-refractivity contribution in [2.75, 3.05) is 13.2 Å². The zero-order valence-electron chi connectivity index (χ0n) is 15.0. The summed E-state index contributed by atoms with van der Waals surface area (Å²) in [5.41, 5.74) is 2.39. The van der Waals surface area contributed by atoms with Crippen molar-refractivity contribution in [2.24, 2.45) is 0 Å². The van der Waals surface area contributed by atoms with Crippen LogP contribution in [0.25, 0.3) is 0 Å². The predicted molar refractivity (Wildman–Crippen MR) is 99.4 cm³/mol. The molecular formula is C20H23NO4S. The van der Waals surface area contributed by atoms with Crippen molar-refractivity contribution < 1.29 is 17.9 Å². The van der Waals surface area contributed by atoms with Gasteiger partial charge < -0.3 is 4.74 Å². The number of ether oxygens (including phenoxy) is 1. The fourth-order valence-electron chi connectivity index (χ4n) is 3.28. The lowest BCUT2D eigenvalue weighted by Crippen LogP contribution is -2.30. The van der Waals surface area contributed by atoms with Gasteiger partial charge in [-0.2, -0.15) is 4.31 Å². The molecule has 2 aromatic rings. The first-order valence-corrected chi connectivity index (χ1v) is 10.2. The summed E-state index contributed by atoms with van der Waals surface area (Å²) in [6.07, 6.45) is 1.61. The summed E-state index contributed by atoms with van der Waals surface area (Å²) in [4.78, 5) is 12.1. The molecule has 1 unspecified atom stereocenters. The van der Waals surface area contributed by atoms with Crippen molar-refractivity contribution in [1.29, 1.82) is 0 Å². The van der Waals surface area contributed by atoms with Gasteiger partial charge in [0.05, 0.1) is 23.1 Å². The van der Waals surface area contributed by atoms with Crippen LogP contribution in [-0.2, 0) is 14.8 Å². The molecule has 138 valence electrons. The van der Waals surface area contributed by atoms with E-state index < -0.39 is 16.0 Å². The number of esters is 1. The molecule has 2 aromatic carbocycles. The number of carbonyl (C=O) groups is 1. The Labute approximate surface area is 154 Å². The van der Waals surface area contributed by atoms with Crippen LogP contribution in [0.15, 0.2) is 53.4 Å². The highest BCUT2D eigenvalue weighted by molar-refractivity contribution is 7.89. The van der Waals surface area contributed by atoms with E-state index >= 15 is 0 Å². The van der Waals surface area contributed by atoms with E-state index in [4.69, 9.17) is 4.74 Å². The maximum Gasteiger partial charge on any atom is 0.338 e. The van der Waals surface area contributed by atoms with Crippen LogP contribution in [0.1, 0.15) is 47.3 Å². The van der Waals surface area contributed by atoms with Gasteiger partial charge in [0, 0.05) is 6.54 Å². The lowest BCUT2D eigenvalue weighted by atomic mass is 10.0. The average molecular weight is 373 g/mol. The second kappa shape index (κ2) is 7.60. The Morgan fingerprint density at radius 3 is 2.62 bits per heavy atom. The Morgan fingerprint density at radius 1 is 1.19 bits per heavy atom. The van der Waals surface area contributed by atoms with Gasteiger partial charge in [0.1, 0.15) is 0 Å². The van der Waals surface area contributed by atoms with Gasteiger partial charge in [-0.15, -0.1) is 0 Å². The Morgan fingerprint density at radius 2 is 1.92 bits per heavy atom. The normalized spacial score (nSPS) is 18.0. The summed E-state index contributed by atoms with van der Waals surface area (Å²) >= 11 is 0. The molecule has 26 heavy (non-hydrogen) atoms. The fourth-order valence-corrected chi connectivity index (χ4v) is 5.01. The zero-order valence-corrected chi connectivity index (χ0v) is 15.8. The Balaban J connectivity index is 1.93. The molecule has 5 nitrogen and oxygen atoms in total. The number of nitrogens with zero attached hydrogens (tertiary/aromatic N) is 1. The number of benzene rings is 2. The number of rotatable bonds is 5. The molecule has 1 aliphatic rings. The van der Waals surface area contributed by atoms with Crippen molar-refractivity contribution in [3.05, 3.63) is 65.2 Å². The molecule has 0 amide bonds. The van der Waals surface area contributed by atoms with E-state index in [1.54, 1.807) is 23.4 Å². The summed E-state index contributed by atoms with van der Waals surface area (Å²) < 4.78 is 32.9. The minimum absolute atomic E-state index is 0.127. The molecule has 0 radical (unpaired) electrons. The monoisotopic (exact) mass is 373 g/mol. The van der Waals surface area contributed by atoms with Crippen molar-refractivity contribution in [2.45, 2.75) is 37.6 Å². The van der Waals surface area contributed by atoms with Crippen LogP contribution in [0.5, 0.6) is 0 Å². The van der Waals surface area contributed by atoms with Crippen LogP contribution in [0.3, 0.4) is 0 Å². The van der Waals surface area contributed by atoms with Gasteiger partial charge in [0.15, 0.2) is 0 Å². The first-order valence-electron chi connectivity index (χ1n) is 8.79. The maximum atomic E-state index is 13.2. The molecule has 0 spiro atoms. The molecule has 0 bridgehead atoms. The van der Waals surface area contributed by atoms with Gasteiger partial charge in [-0.25, -0.2) is 13.2 Å². The molecular weight excluding hydrogens is 350 g/mol. The summed E-state index contributed by atoms with van der Waals surface area (Å²) in [5, 5.41) is 0. The van der Waals surface area contributed by atoms with Crippen LogP contribution in [0, 0.1) is 6.92 Å². The van der Waals surface area contributed by atoms with Crippen molar-refractivity contribution in [1.82, 2.24) is 4.31 Å². The summed E-state index contributed by atoms with van der Waals surface area (Å²) in [5.74, 6) is -0.513. The smallest absolute Gasteiger partial charge is 0.338 e. The molecule has 6 heteroatoms. The van der Waals surface area contributed by atoms with Crippen LogP contribution in [0.2, 0.25) is 0 Å². The van der Waals surface area contributed by atoms with E-state index in [0.717, 1.165) is 24.0 Å². The third kappa shape index (κ3) is 3.66. The second-order valence-corrected chi connectivity index (χ2v) is 8.32. The molecule has 3 rings (SSSR count). The van der Waals surface area contributed by atoms with E-state index in [9.17, 15) is 13.2 Å². The number of sulfonamides is 1. The first kappa shape index (κ1) is 18.6. The van der Waals surface area contributed by atoms with Crippen LogP contribution >= 0.6 is 0 Å². The van der Waals surface area contributed by atoms with Gasteiger partial charge in [0.2, 0.25) is 10.0 Å². The number of hydrogen-bond donors (Lipinski definition) is 0. The Kier molecular flexibility index (Phi) is 5.44. The largest absolute Gasteiger partial charge is 0.462 e. The number of carbonyl (C=O) groups excluding carboxylic acids is 1. The van der Waals surface area contributed by atoms with E-state index in [2.05, 4.69) is 0 Å². The molecule has 0 N–H and O–H groups in total. The minimum atomic E-state index is -3.69. The van der Waals surface area contributed by atoms with Crippen molar-refractivity contribution >= 4 is 16.0 Å². The summed E-state index contributed by atoms with van der Waals surface area (Å²) in [7, 11) is -3.69. The number of hydrogen-bond acceptors (Lipinski definition) is 4. The quantitative estimate of drug-likeness (QED) is 0.750. The maximum absolute atomic E-state index is 13.2. The minimum Gasteiger partial charge on any atom is -0.462 e. The average Bonchev–Trinajstić information content (AvgIpc) is 3.13. The summed E-state index contributed by atoms with van der Waals surface area (Å²) in [6.45, 7) is 4.45. The lowest BCUT2D eigenvalue weighted by molar-refractivity contribution is 0.0526. The molecule has 1 fully saturated rings. The third-order valence-electron chi connectivity index (χ3n) is 4.62. The summed E-state index contributed by atoms with van der Waals surface area (Å²) in [6, 6.07) is 13.9. The topological polar surface area (TPSA) is 63.7 Å². The molecule has 0 aromatic heterocycles. The highest BCUT2D eigenvalue weighted by atomic mass is 32.2. The van der Waals surface area contributed by atoms with Gasteiger partial charge in [-0.3, -0.25) is 0 Å². The molecule has 0 aliphatic carbocycles. The van der Waals surface area contributed by atoms with Crippen LogP contribution in [0.4, 0.5) is 0 Å². The molecule has 1 atom stereocenters. The zero-order chi connectivity index (χ0) is 18.7. The van der Waals surface area contributed by atoms with Gasteiger partial charge in [-0.1, -0.05) is 35.9 Å². The van der Waals surface area contributed by atoms with Gasteiger partial charge >= 0.3 is 5.97 Å².